The van der Waals surface area contributed by atoms with Gasteiger partial charge in [-0.05, 0) is 31.5 Å². The molecule has 0 aliphatic carbocycles. The lowest BCUT2D eigenvalue weighted by molar-refractivity contribution is -0.136. The molecule has 1 aromatic rings. The highest BCUT2D eigenvalue weighted by atomic mass is 35.5. The second-order valence-electron chi connectivity index (χ2n) is 3.44. The Morgan fingerprint density at radius 1 is 1.22 bits per heavy atom. The zero-order valence-corrected chi connectivity index (χ0v) is 12.7. The molecule has 0 aromatic heterocycles. The van der Waals surface area contributed by atoms with Gasteiger partial charge >= 0.3 is 5.97 Å². The van der Waals surface area contributed by atoms with Crippen LogP contribution in [0.25, 0.3) is 5.57 Å². The van der Waals surface area contributed by atoms with Gasteiger partial charge in [0.15, 0.2) is 0 Å². The summed E-state index contributed by atoms with van der Waals surface area (Å²) in [6.07, 6.45) is 0. The van der Waals surface area contributed by atoms with Crippen molar-refractivity contribution in [2.24, 2.45) is 0 Å². The molecule has 0 N–H and O–H groups in total. The highest BCUT2D eigenvalue weighted by molar-refractivity contribution is 6.61. The van der Waals surface area contributed by atoms with Crippen LogP contribution in [0.1, 0.15) is 18.1 Å². The molecule has 0 spiro atoms. The summed E-state index contributed by atoms with van der Waals surface area (Å²) in [6.45, 7) is 3.69. The minimum atomic E-state index is -0.624. The van der Waals surface area contributed by atoms with Gasteiger partial charge in [-0.1, -0.05) is 46.4 Å². The summed E-state index contributed by atoms with van der Waals surface area (Å²) in [5, 5.41) is 0.783. The van der Waals surface area contributed by atoms with Crippen LogP contribution in [0.4, 0.5) is 0 Å². The third-order valence-corrected chi connectivity index (χ3v) is 3.28. The van der Waals surface area contributed by atoms with Gasteiger partial charge in [0.05, 0.1) is 17.2 Å². The van der Waals surface area contributed by atoms with Crippen molar-refractivity contribution in [3.8, 4) is 0 Å². The number of rotatable bonds is 3. The molecule has 0 atom stereocenters. The first-order valence-electron chi connectivity index (χ1n) is 5.06. The van der Waals surface area contributed by atoms with Crippen molar-refractivity contribution in [1.82, 2.24) is 0 Å². The van der Waals surface area contributed by atoms with Crippen molar-refractivity contribution in [2.45, 2.75) is 13.8 Å². The van der Waals surface area contributed by atoms with Gasteiger partial charge in [0.2, 0.25) is 0 Å². The van der Waals surface area contributed by atoms with E-state index >= 15 is 0 Å². The van der Waals surface area contributed by atoms with E-state index in [2.05, 4.69) is 0 Å². The highest BCUT2D eigenvalue weighted by Crippen LogP contribution is 2.34. The van der Waals surface area contributed by atoms with E-state index in [1.54, 1.807) is 19.9 Å². The van der Waals surface area contributed by atoms with Crippen molar-refractivity contribution < 1.29 is 9.53 Å². The monoisotopic (exact) mass is 326 g/mol. The van der Waals surface area contributed by atoms with Crippen molar-refractivity contribution >= 4 is 57.9 Å². The Morgan fingerprint density at radius 3 is 2.33 bits per heavy atom. The van der Waals surface area contributed by atoms with Crippen molar-refractivity contribution in [1.29, 1.82) is 0 Å². The number of ether oxygens (including phenoxy) is 1. The van der Waals surface area contributed by atoms with Crippen LogP contribution in [0.3, 0.4) is 0 Å². The number of hydrogen-bond acceptors (Lipinski definition) is 2. The summed E-state index contributed by atoms with van der Waals surface area (Å²) >= 11 is 23.4. The van der Waals surface area contributed by atoms with Crippen LogP contribution in [-0.2, 0) is 9.53 Å². The van der Waals surface area contributed by atoms with Gasteiger partial charge in [-0.2, -0.15) is 0 Å². The third kappa shape index (κ3) is 3.55. The van der Waals surface area contributed by atoms with Crippen LogP contribution in [0.15, 0.2) is 16.6 Å². The molecule has 0 bridgehead atoms. The molecule has 0 amide bonds. The van der Waals surface area contributed by atoms with Gasteiger partial charge in [0.25, 0.3) is 0 Å². The van der Waals surface area contributed by atoms with Gasteiger partial charge < -0.3 is 4.74 Å². The molecule has 0 heterocycles. The van der Waals surface area contributed by atoms with Gasteiger partial charge in [-0.3, -0.25) is 0 Å². The summed E-state index contributed by atoms with van der Waals surface area (Å²) in [7, 11) is 0. The van der Waals surface area contributed by atoms with Crippen molar-refractivity contribution in [2.75, 3.05) is 6.61 Å². The van der Waals surface area contributed by atoms with E-state index in [4.69, 9.17) is 51.1 Å². The number of carbonyl (C=O) groups excluding carboxylic acids is 1. The lowest BCUT2D eigenvalue weighted by Gasteiger charge is -2.11. The lowest BCUT2D eigenvalue weighted by Crippen LogP contribution is -2.08. The highest BCUT2D eigenvalue weighted by Gasteiger charge is 2.20. The number of carbonyl (C=O) groups is 1. The molecule has 0 radical (unpaired) electrons. The molecule has 0 unspecified atom stereocenters. The van der Waals surface area contributed by atoms with Crippen molar-refractivity contribution in [3.63, 3.8) is 0 Å². The Labute approximate surface area is 125 Å². The predicted octanol–water partition coefficient (Wildman–Crippen LogP) is 5.01. The van der Waals surface area contributed by atoms with E-state index in [0.29, 0.717) is 10.6 Å². The molecule has 98 valence electrons. The molecule has 0 saturated heterocycles. The number of halogens is 4. The lowest BCUT2D eigenvalue weighted by atomic mass is 10.0. The molecule has 18 heavy (non-hydrogen) atoms. The fraction of sp³-hybridized carbons (Fsp3) is 0.250. The molecule has 1 aromatic carbocycles. The second-order valence-corrected chi connectivity index (χ2v) is 5.20. The van der Waals surface area contributed by atoms with E-state index in [-0.39, 0.29) is 21.7 Å². The molecule has 0 aliphatic rings. The second kappa shape index (κ2) is 6.67. The average molecular weight is 328 g/mol. The normalized spacial score (nSPS) is 10.1. The van der Waals surface area contributed by atoms with E-state index in [1.807, 2.05) is 0 Å². The van der Waals surface area contributed by atoms with Crippen LogP contribution in [0.2, 0.25) is 10.0 Å². The largest absolute Gasteiger partial charge is 0.462 e. The van der Waals surface area contributed by atoms with Crippen LogP contribution >= 0.6 is 46.4 Å². The van der Waals surface area contributed by atoms with Crippen LogP contribution < -0.4 is 0 Å². The quantitative estimate of drug-likeness (QED) is 0.576. The van der Waals surface area contributed by atoms with Crippen LogP contribution in [0, 0.1) is 6.92 Å². The fourth-order valence-electron chi connectivity index (χ4n) is 1.34. The van der Waals surface area contributed by atoms with Gasteiger partial charge in [-0.15, -0.1) is 0 Å². The maximum Gasteiger partial charge on any atom is 0.341 e. The minimum absolute atomic E-state index is 0.0324. The number of benzene rings is 1. The smallest absolute Gasteiger partial charge is 0.341 e. The van der Waals surface area contributed by atoms with Crippen molar-refractivity contribution in [3.05, 3.63) is 37.8 Å². The topological polar surface area (TPSA) is 26.3 Å². The standard InChI is InChI=1S/C12H10Cl4O2/c1-3-18-12(17)10(11(15)16)7-4-6(2)8(13)5-9(7)14/h4-5H,3H2,1-2H3. The Balaban J connectivity index is 3.37. The SMILES string of the molecule is CCOC(=O)C(=C(Cl)Cl)c1cc(C)c(Cl)cc1Cl. The van der Waals surface area contributed by atoms with Gasteiger partial charge in [-0.25, -0.2) is 4.79 Å². The Bertz CT molecular complexity index is 505. The molecular weight excluding hydrogens is 318 g/mol. The maximum absolute atomic E-state index is 11.8. The van der Waals surface area contributed by atoms with Gasteiger partial charge in [0, 0.05) is 10.6 Å². The summed E-state index contributed by atoms with van der Waals surface area (Å²) < 4.78 is 4.69. The van der Waals surface area contributed by atoms with E-state index in [9.17, 15) is 4.79 Å². The minimum Gasteiger partial charge on any atom is -0.462 e. The molecule has 2 nitrogen and oxygen atoms in total. The third-order valence-electron chi connectivity index (χ3n) is 2.19. The first-order chi connectivity index (χ1) is 8.38. The molecule has 0 saturated carbocycles. The van der Waals surface area contributed by atoms with Crippen LogP contribution in [-0.4, -0.2) is 12.6 Å². The predicted molar refractivity (Wildman–Crippen MR) is 76.5 cm³/mol. The van der Waals surface area contributed by atoms with Gasteiger partial charge in [0.1, 0.15) is 4.49 Å². The average Bonchev–Trinajstić information content (AvgIpc) is 2.25. The van der Waals surface area contributed by atoms with Crippen LogP contribution in [0.5, 0.6) is 0 Å². The van der Waals surface area contributed by atoms with E-state index in [0.717, 1.165) is 5.56 Å². The summed E-state index contributed by atoms with van der Waals surface area (Å²) in [5.41, 5.74) is 1.19. The first kappa shape index (κ1) is 15.6. The Hall–Kier alpha value is -0.410. The number of hydrogen-bond donors (Lipinski definition) is 0. The molecule has 6 heteroatoms. The summed E-state index contributed by atoms with van der Waals surface area (Å²) in [6, 6.07) is 3.17. The summed E-state index contributed by atoms with van der Waals surface area (Å²) in [5.74, 6) is -0.624. The number of aryl methyl sites for hydroxylation is 1. The molecule has 1 rings (SSSR count). The zero-order chi connectivity index (χ0) is 13.9. The van der Waals surface area contributed by atoms with E-state index < -0.39 is 5.97 Å². The Morgan fingerprint density at radius 2 is 1.83 bits per heavy atom. The van der Waals surface area contributed by atoms with E-state index in [1.165, 1.54) is 6.07 Å². The molecule has 0 fully saturated rings. The Kier molecular flexibility index (Phi) is 5.80. The zero-order valence-electron chi connectivity index (χ0n) is 9.69. The summed E-state index contributed by atoms with van der Waals surface area (Å²) in [4.78, 5) is 11.8. The maximum atomic E-state index is 11.8. The number of esters is 1. The fourth-order valence-corrected chi connectivity index (χ4v) is 2.18. The molecular formula is C12H10Cl4O2. The first-order valence-corrected chi connectivity index (χ1v) is 6.58. The molecule has 0 aliphatic heterocycles.